The van der Waals surface area contributed by atoms with Crippen LogP contribution in [-0.2, 0) is 4.79 Å². The monoisotopic (exact) mass is 434 g/mol. The number of rotatable bonds is 5. The van der Waals surface area contributed by atoms with E-state index in [0.29, 0.717) is 11.3 Å². The molecule has 2 aromatic carbocycles. The van der Waals surface area contributed by atoms with E-state index < -0.39 is 30.8 Å². The number of hydrazone groups is 1. The number of alkyl halides is 3. The molecule has 0 aliphatic carbocycles. The number of halogens is 3. The molecule has 1 unspecified atom stereocenters. The molecule has 3 rings (SSSR count). The summed E-state index contributed by atoms with van der Waals surface area (Å²) < 4.78 is 46.8. The maximum Gasteiger partial charge on any atom is 0.438 e. The summed E-state index contributed by atoms with van der Waals surface area (Å²) in [5.41, 5.74) is -0.402. The molecule has 0 spiro atoms. The zero-order valence-electron chi connectivity index (χ0n) is 17.8. The van der Waals surface area contributed by atoms with Crippen molar-refractivity contribution in [1.29, 1.82) is 0 Å². The first-order valence-electron chi connectivity index (χ1n) is 9.92. The van der Waals surface area contributed by atoms with E-state index in [1.54, 1.807) is 30.3 Å². The lowest BCUT2D eigenvalue weighted by Gasteiger charge is -2.32. The van der Waals surface area contributed by atoms with E-state index in [1.165, 1.54) is 0 Å². The summed E-state index contributed by atoms with van der Waals surface area (Å²) in [6.45, 7) is 6.89. The maximum atomic E-state index is 13.7. The van der Waals surface area contributed by atoms with E-state index in [4.69, 9.17) is 4.74 Å². The highest BCUT2D eigenvalue weighted by molar-refractivity contribution is 6.03. The van der Waals surface area contributed by atoms with Gasteiger partial charge in [0.25, 0.3) is 11.6 Å². The van der Waals surface area contributed by atoms with Crippen LogP contribution in [-0.4, -0.2) is 40.2 Å². The Morgan fingerprint density at radius 3 is 2.35 bits per heavy atom. The first-order chi connectivity index (χ1) is 14.4. The second kappa shape index (κ2) is 8.34. The fourth-order valence-electron chi connectivity index (χ4n) is 3.38. The van der Waals surface area contributed by atoms with Crippen LogP contribution in [0.5, 0.6) is 5.75 Å². The Labute approximate surface area is 179 Å². The summed E-state index contributed by atoms with van der Waals surface area (Å²) in [6.07, 6.45) is -5.95. The summed E-state index contributed by atoms with van der Waals surface area (Å²) >= 11 is 0. The van der Waals surface area contributed by atoms with Crippen molar-refractivity contribution < 1.29 is 27.8 Å². The van der Waals surface area contributed by atoms with Gasteiger partial charge < -0.3 is 9.84 Å². The molecular formula is C23H25F3N2O3. The van der Waals surface area contributed by atoms with Crippen LogP contribution < -0.4 is 4.74 Å². The zero-order valence-corrected chi connectivity index (χ0v) is 17.8. The normalized spacial score (nSPS) is 19.0. The topological polar surface area (TPSA) is 62.1 Å². The molecule has 0 saturated carbocycles. The quantitative estimate of drug-likeness (QED) is 0.743. The minimum absolute atomic E-state index is 0.0217. The molecule has 0 radical (unpaired) electrons. The van der Waals surface area contributed by atoms with Gasteiger partial charge in [-0.2, -0.15) is 23.3 Å². The van der Waals surface area contributed by atoms with Gasteiger partial charge in [0, 0.05) is 0 Å². The lowest BCUT2D eigenvalue weighted by atomic mass is 10.00. The van der Waals surface area contributed by atoms with Crippen molar-refractivity contribution in [3.8, 4) is 5.75 Å². The number of aryl methyl sites for hydroxylation is 2. The van der Waals surface area contributed by atoms with Crippen LogP contribution in [0.3, 0.4) is 0 Å². The summed E-state index contributed by atoms with van der Waals surface area (Å²) in [5.74, 6) is -0.574. The van der Waals surface area contributed by atoms with Crippen LogP contribution in [0.1, 0.15) is 48.4 Å². The Morgan fingerprint density at radius 1 is 1.16 bits per heavy atom. The number of benzene rings is 2. The third-order valence-electron chi connectivity index (χ3n) is 5.20. The zero-order chi connectivity index (χ0) is 23.0. The molecule has 8 heteroatoms. The van der Waals surface area contributed by atoms with Crippen LogP contribution in [0.15, 0.2) is 47.6 Å². The number of carbonyl (C=O) groups excluding carboxylic acids is 1. The van der Waals surface area contributed by atoms with Gasteiger partial charge in [-0.1, -0.05) is 55.8 Å². The molecule has 1 aliphatic rings. The molecule has 0 saturated heterocycles. The number of nitrogens with zero attached hydrogens (tertiary/aromatic N) is 2. The number of ether oxygens (including phenoxy) is 1. The van der Waals surface area contributed by atoms with Gasteiger partial charge in [0.2, 0.25) is 0 Å². The maximum absolute atomic E-state index is 13.7. The van der Waals surface area contributed by atoms with Crippen molar-refractivity contribution in [2.75, 3.05) is 6.61 Å². The van der Waals surface area contributed by atoms with Crippen LogP contribution in [0, 0.1) is 13.8 Å². The molecule has 1 atom stereocenters. The van der Waals surface area contributed by atoms with E-state index in [0.717, 1.165) is 16.7 Å². The number of aliphatic hydroxyl groups is 1. The number of amides is 1. The first-order valence-corrected chi connectivity index (χ1v) is 9.92. The molecule has 166 valence electrons. The molecule has 5 nitrogen and oxygen atoms in total. The second-order valence-electron chi connectivity index (χ2n) is 8.09. The minimum atomic E-state index is -5.09. The van der Waals surface area contributed by atoms with Crippen molar-refractivity contribution in [2.24, 2.45) is 5.10 Å². The summed E-state index contributed by atoms with van der Waals surface area (Å²) in [5, 5.41) is 14.4. The van der Waals surface area contributed by atoms with E-state index in [2.05, 4.69) is 5.10 Å². The molecule has 1 aliphatic heterocycles. The van der Waals surface area contributed by atoms with E-state index >= 15 is 0 Å². The van der Waals surface area contributed by atoms with Gasteiger partial charge in [0.1, 0.15) is 5.75 Å². The lowest BCUT2D eigenvalue weighted by Crippen LogP contribution is -2.57. The highest BCUT2D eigenvalue weighted by Gasteiger charge is 2.63. The molecule has 31 heavy (non-hydrogen) atoms. The van der Waals surface area contributed by atoms with E-state index in [1.807, 2.05) is 39.8 Å². The Kier molecular flexibility index (Phi) is 6.14. The van der Waals surface area contributed by atoms with Crippen molar-refractivity contribution in [2.45, 2.75) is 51.9 Å². The summed E-state index contributed by atoms with van der Waals surface area (Å²) in [7, 11) is 0. The predicted octanol–water partition coefficient (Wildman–Crippen LogP) is 4.69. The SMILES string of the molecule is Cc1ccc(C2=NN(C(=O)COc3cc(C)ccc3C(C)C)C(O)(C(F)(F)F)C2)cc1. The van der Waals surface area contributed by atoms with Crippen molar-refractivity contribution >= 4 is 11.6 Å². The van der Waals surface area contributed by atoms with Gasteiger partial charge in [-0.15, -0.1) is 0 Å². The molecule has 0 fully saturated rings. The number of carbonyl (C=O) groups is 1. The third-order valence-corrected chi connectivity index (χ3v) is 5.20. The molecule has 1 amide bonds. The van der Waals surface area contributed by atoms with E-state index in [9.17, 15) is 23.1 Å². The van der Waals surface area contributed by atoms with Gasteiger partial charge in [-0.3, -0.25) is 4.79 Å². The second-order valence-corrected chi connectivity index (χ2v) is 8.09. The largest absolute Gasteiger partial charge is 0.483 e. The van der Waals surface area contributed by atoms with Gasteiger partial charge in [0.05, 0.1) is 12.1 Å². The van der Waals surface area contributed by atoms with Crippen molar-refractivity contribution in [3.63, 3.8) is 0 Å². The molecule has 1 heterocycles. The van der Waals surface area contributed by atoms with Crippen molar-refractivity contribution in [3.05, 3.63) is 64.7 Å². The van der Waals surface area contributed by atoms with Gasteiger partial charge in [-0.25, -0.2) is 0 Å². The molecule has 1 N–H and O–H groups in total. The predicted molar refractivity (Wildman–Crippen MR) is 111 cm³/mol. The smallest absolute Gasteiger partial charge is 0.438 e. The Balaban J connectivity index is 1.88. The van der Waals surface area contributed by atoms with Crippen LogP contribution in [0.2, 0.25) is 0 Å². The van der Waals surface area contributed by atoms with Crippen LogP contribution in [0.25, 0.3) is 0 Å². The van der Waals surface area contributed by atoms with Crippen LogP contribution in [0.4, 0.5) is 13.2 Å². The molecule has 0 bridgehead atoms. The number of hydrogen-bond acceptors (Lipinski definition) is 4. The average molecular weight is 434 g/mol. The highest BCUT2D eigenvalue weighted by atomic mass is 19.4. The Morgan fingerprint density at radius 2 is 1.77 bits per heavy atom. The fourth-order valence-corrected chi connectivity index (χ4v) is 3.38. The van der Waals surface area contributed by atoms with Gasteiger partial charge in [-0.05, 0) is 42.5 Å². The van der Waals surface area contributed by atoms with Gasteiger partial charge in [0.15, 0.2) is 6.61 Å². The molecular weight excluding hydrogens is 409 g/mol. The van der Waals surface area contributed by atoms with Crippen molar-refractivity contribution in [1.82, 2.24) is 5.01 Å². The minimum Gasteiger partial charge on any atom is -0.483 e. The standard InChI is InChI=1S/C23H25F3N2O3/c1-14(2)18-10-7-16(4)11-20(18)31-13-21(29)28-22(30,23(24,25)26)12-19(27-28)17-8-5-15(3)6-9-17/h5-11,14,30H,12-13H2,1-4H3. The summed E-state index contributed by atoms with van der Waals surface area (Å²) in [6, 6.07) is 12.1. The number of hydrogen-bond donors (Lipinski definition) is 1. The highest BCUT2D eigenvalue weighted by Crippen LogP contribution is 2.41. The third kappa shape index (κ3) is 4.58. The Hall–Kier alpha value is -2.87. The average Bonchev–Trinajstić information content (AvgIpc) is 3.05. The molecule has 0 aromatic heterocycles. The first kappa shape index (κ1) is 22.8. The van der Waals surface area contributed by atoms with E-state index in [-0.39, 0.29) is 16.6 Å². The molecule has 2 aromatic rings. The Bertz CT molecular complexity index is 1000. The van der Waals surface area contributed by atoms with Crippen LogP contribution >= 0.6 is 0 Å². The summed E-state index contributed by atoms with van der Waals surface area (Å²) in [4.78, 5) is 12.7. The fraction of sp³-hybridized carbons (Fsp3) is 0.391. The van der Waals surface area contributed by atoms with Gasteiger partial charge >= 0.3 is 6.18 Å². The lowest BCUT2D eigenvalue weighted by molar-refractivity contribution is -0.302.